The van der Waals surface area contributed by atoms with Gasteiger partial charge in [-0.25, -0.2) is 0 Å². The highest BCUT2D eigenvalue weighted by Gasteiger charge is 2.49. The van der Waals surface area contributed by atoms with Crippen LogP contribution in [0.1, 0.15) is 71.1 Å². The molecule has 1 heterocycles. The van der Waals surface area contributed by atoms with Crippen molar-refractivity contribution in [3.63, 3.8) is 0 Å². The van der Waals surface area contributed by atoms with Gasteiger partial charge < -0.3 is 10.2 Å². The Hall–Kier alpha value is -1.06. The summed E-state index contributed by atoms with van der Waals surface area (Å²) in [5.41, 5.74) is 0.0423. The number of hydrogen-bond donors (Lipinski definition) is 1. The summed E-state index contributed by atoms with van der Waals surface area (Å²) in [6, 6.07) is 0. The van der Waals surface area contributed by atoms with Crippen LogP contribution in [-0.2, 0) is 9.59 Å². The van der Waals surface area contributed by atoms with E-state index in [-0.39, 0.29) is 11.3 Å². The first-order valence-corrected chi connectivity index (χ1v) is 11.6. The van der Waals surface area contributed by atoms with Crippen molar-refractivity contribution in [1.29, 1.82) is 0 Å². The average molecular weight is 373 g/mol. The second-order valence-electron chi connectivity index (χ2n) is 10.8. The zero-order chi connectivity index (χ0) is 18.6. The number of amides is 2. The van der Waals surface area contributed by atoms with Gasteiger partial charge in [-0.05, 0) is 87.4 Å². The molecule has 4 heteroatoms. The van der Waals surface area contributed by atoms with Gasteiger partial charge in [-0.15, -0.1) is 0 Å². The minimum Gasteiger partial charge on any atom is -0.355 e. The highest BCUT2D eigenvalue weighted by molar-refractivity contribution is 5.80. The maximum atomic E-state index is 12.8. The highest BCUT2D eigenvalue weighted by Crippen LogP contribution is 2.56. The molecule has 2 amide bonds. The van der Waals surface area contributed by atoms with Gasteiger partial charge in [0, 0.05) is 37.4 Å². The van der Waals surface area contributed by atoms with Crippen molar-refractivity contribution in [2.75, 3.05) is 19.6 Å². The fourth-order valence-corrected chi connectivity index (χ4v) is 5.78. The van der Waals surface area contributed by atoms with E-state index >= 15 is 0 Å². The Balaban J connectivity index is 1.11. The highest BCUT2D eigenvalue weighted by atomic mass is 16.2. The molecule has 0 aromatic heterocycles. The lowest BCUT2D eigenvalue weighted by Gasteiger charge is -2.41. The van der Waals surface area contributed by atoms with Crippen LogP contribution in [0.2, 0.25) is 0 Å². The van der Waals surface area contributed by atoms with Crippen molar-refractivity contribution in [1.82, 2.24) is 10.2 Å². The summed E-state index contributed by atoms with van der Waals surface area (Å²) in [4.78, 5) is 27.7. The molecule has 5 aliphatic rings. The van der Waals surface area contributed by atoms with Crippen molar-refractivity contribution >= 4 is 11.8 Å². The average Bonchev–Trinajstić information content (AvgIpc) is 3.43. The summed E-state index contributed by atoms with van der Waals surface area (Å²) in [5.74, 6) is 4.77. The van der Waals surface area contributed by atoms with E-state index in [1.54, 1.807) is 0 Å². The van der Waals surface area contributed by atoms with E-state index in [1.807, 2.05) is 0 Å². The topological polar surface area (TPSA) is 49.4 Å². The Labute approximate surface area is 163 Å². The molecule has 1 N–H and O–H groups in total. The van der Waals surface area contributed by atoms with Crippen LogP contribution < -0.4 is 5.32 Å². The Bertz CT molecular complexity index is 595. The molecule has 1 aliphatic heterocycles. The fraction of sp³-hybridized carbons (Fsp3) is 0.913. The maximum Gasteiger partial charge on any atom is 0.223 e. The van der Waals surface area contributed by atoms with Crippen LogP contribution in [0.3, 0.4) is 0 Å². The molecule has 5 rings (SSSR count). The quantitative estimate of drug-likeness (QED) is 0.708. The number of hydrogen-bond acceptors (Lipinski definition) is 2. The van der Waals surface area contributed by atoms with Crippen molar-refractivity contribution in [3.8, 4) is 0 Å². The van der Waals surface area contributed by atoms with Gasteiger partial charge in [-0.2, -0.15) is 0 Å². The van der Waals surface area contributed by atoms with Crippen LogP contribution in [0.4, 0.5) is 0 Å². The van der Waals surface area contributed by atoms with E-state index in [0.717, 1.165) is 50.7 Å². The Morgan fingerprint density at radius 3 is 2.44 bits per heavy atom. The molecule has 0 radical (unpaired) electrons. The minimum atomic E-state index is 0.0423. The van der Waals surface area contributed by atoms with Crippen molar-refractivity contribution in [3.05, 3.63) is 0 Å². The molecule has 0 bridgehead atoms. The van der Waals surface area contributed by atoms with Crippen LogP contribution in [0, 0.1) is 40.9 Å². The van der Waals surface area contributed by atoms with Gasteiger partial charge in [0.2, 0.25) is 11.8 Å². The molecule has 5 fully saturated rings. The first kappa shape index (κ1) is 18.0. The largest absolute Gasteiger partial charge is 0.355 e. The Morgan fingerprint density at radius 1 is 1.11 bits per heavy atom. The molecule has 1 unspecified atom stereocenters. The van der Waals surface area contributed by atoms with Crippen molar-refractivity contribution in [2.24, 2.45) is 40.9 Å². The summed E-state index contributed by atoms with van der Waals surface area (Å²) < 4.78 is 0. The van der Waals surface area contributed by atoms with Gasteiger partial charge in [-0.3, -0.25) is 9.59 Å². The normalized spacial score (nSPS) is 36.0. The van der Waals surface area contributed by atoms with Crippen LogP contribution in [0.15, 0.2) is 0 Å². The summed E-state index contributed by atoms with van der Waals surface area (Å²) in [6.07, 6.45) is 12.0. The van der Waals surface area contributed by atoms with Crippen LogP contribution in [0.25, 0.3) is 0 Å². The number of carbonyl (C=O) groups excluding carboxylic acids is 2. The zero-order valence-corrected chi connectivity index (χ0v) is 16.9. The van der Waals surface area contributed by atoms with Crippen LogP contribution in [0.5, 0.6) is 0 Å². The third-order valence-electron chi connectivity index (χ3n) is 8.03. The molecule has 150 valence electrons. The third kappa shape index (κ3) is 4.19. The fourth-order valence-electron chi connectivity index (χ4n) is 5.78. The maximum absolute atomic E-state index is 12.8. The van der Waals surface area contributed by atoms with E-state index < -0.39 is 0 Å². The molecule has 0 aromatic carbocycles. The molecular weight excluding hydrogens is 336 g/mol. The lowest BCUT2D eigenvalue weighted by molar-refractivity contribution is -0.135. The SMILES string of the molecule is CC1(CNC(=O)C(C2CC2)C2CC2)CCCN(C(=O)C[C@@H]2C[C@H]2C2CC2)C1. The second-order valence-corrected chi connectivity index (χ2v) is 10.8. The monoisotopic (exact) mass is 372 g/mol. The lowest BCUT2D eigenvalue weighted by Crippen LogP contribution is -2.50. The summed E-state index contributed by atoms with van der Waals surface area (Å²) in [6.45, 7) is 4.74. The number of likely N-dealkylation sites (tertiary alicyclic amines) is 1. The third-order valence-corrected chi connectivity index (χ3v) is 8.03. The van der Waals surface area contributed by atoms with Gasteiger partial charge in [-0.1, -0.05) is 6.92 Å². The molecular formula is C23H36N2O2. The summed E-state index contributed by atoms with van der Waals surface area (Å²) >= 11 is 0. The molecule has 0 aromatic rings. The number of carbonyl (C=O) groups is 2. The molecule has 3 atom stereocenters. The molecule has 4 aliphatic carbocycles. The van der Waals surface area contributed by atoms with E-state index in [0.29, 0.717) is 29.6 Å². The lowest BCUT2D eigenvalue weighted by atomic mass is 9.81. The molecule has 4 nitrogen and oxygen atoms in total. The van der Waals surface area contributed by atoms with E-state index in [2.05, 4.69) is 17.1 Å². The second kappa shape index (κ2) is 6.77. The minimum absolute atomic E-state index is 0.0423. The van der Waals surface area contributed by atoms with Gasteiger partial charge in [0.25, 0.3) is 0 Å². The van der Waals surface area contributed by atoms with Crippen molar-refractivity contribution < 1.29 is 9.59 Å². The zero-order valence-electron chi connectivity index (χ0n) is 16.9. The Morgan fingerprint density at radius 2 is 1.81 bits per heavy atom. The number of nitrogens with one attached hydrogen (secondary N) is 1. The first-order chi connectivity index (χ1) is 13.0. The predicted octanol–water partition coefficient (Wildman–Crippen LogP) is 3.60. The first-order valence-electron chi connectivity index (χ1n) is 11.6. The molecule has 1 saturated heterocycles. The van der Waals surface area contributed by atoms with E-state index in [4.69, 9.17) is 0 Å². The van der Waals surface area contributed by atoms with E-state index in [1.165, 1.54) is 44.9 Å². The standard InChI is InChI=1S/C23H36N2O2/c1-23(13-24-22(27)21(16-5-6-16)17-7-8-17)9-2-10-25(14-23)20(26)12-18-11-19(18)15-3-4-15/h15-19,21H,2-14H2,1H3,(H,24,27)/t18-,19-,23?/m0/s1. The number of rotatable bonds is 8. The predicted molar refractivity (Wildman–Crippen MR) is 105 cm³/mol. The molecule has 0 spiro atoms. The van der Waals surface area contributed by atoms with Gasteiger partial charge >= 0.3 is 0 Å². The van der Waals surface area contributed by atoms with Gasteiger partial charge in [0.15, 0.2) is 0 Å². The Kier molecular flexibility index (Phi) is 4.52. The summed E-state index contributed by atoms with van der Waals surface area (Å²) in [7, 11) is 0. The van der Waals surface area contributed by atoms with Crippen LogP contribution >= 0.6 is 0 Å². The number of nitrogens with zero attached hydrogens (tertiary/aromatic N) is 1. The molecule has 27 heavy (non-hydrogen) atoms. The van der Waals surface area contributed by atoms with Gasteiger partial charge in [0.1, 0.15) is 0 Å². The van der Waals surface area contributed by atoms with Crippen molar-refractivity contribution in [2.45, 2.75) is 71.1 Å². The summed E-state index contributed by atoms with van der Waals surface area (Å²) in [5, 5.41) is 3.30. The smallest absolute Gasteiger partial charge is 0.223 e. The molecule has 4 saturated carbocycles. The van der Waals surface area contributed by atoms with Crippen LogP contribution in [-0.4, -0.2) is 36.3 Å². The number of piperidine rings is 1. The van der Waals surface area contributed by atoms with E-state index in [9.17, 15) is 9.59 Å². The van der Waals surface area contributed by atoms with Gasteiger partial charge in [0.05, 0.1) is 0 Å².